The van der Waals surface area contributed by atoms with E-state index >= 15 is 0 Å². The molecule has 1 saturated heterocycles. The van der Waals surface area contributed by atoms with Crippen molar-refractivity contribution in [2.75, 3.05) is 11.5 Å². The van der Waals surface area contributed by atoms with Crippen LogP contribution in [0.25, 0.3) is 10.8 Å². The van der Waals surface area contributed by atoms with E-state index in [0.29, 0.717) is 16.6 Å². The minimum Gasteiger partial charge on any atom is -0.741 e. The summed E-state index contributed by atoms with van der Waals surface area (Å²) in [5.74, 6) is 3.13. The van der Waals surface area contributed by atoms with Gasteiger partial charge in [-0.05, 0) is 44.9 Å². The van der Waals surface area contributed by atoms with Gasteiger partial charge < -0.3 is 14.0 Å². The van der Waals surface area contributed by atoms with Crippen molar-refractivity contribution in [1.82, 2.24) is 0 Å². The smallest absolute Gasteiger partial charge is 0.514 e. The molecule has 0 amide bonds. The number of halogens is 3. The topological polar surface area (TPSA) is 92.7 Å². The third kappa shape index (κ3) is 6.51. The summed E-state index contributed by atoms with van der Waals surface area (Å²) >= 11 is 0. The summed E-state index contributed by atoms with van der Waals surface area (Å²) < 4.78 is 69.4. The van der Waals surface area contributed by atoms with Crippen LogP contribution in [0.5, 0.6) is 5.75 Å². The van der Waals surface area contributed by atoms with Gasteiger partial charge in [-0.1, -0.05) is 18.2 Å². The van der Waals surface area contributed by atoms with Gasteiger partial charge in [-0.15, -0.1) is 0 Å². The molecule has 0 N–H and O–H groups in total. The molecule has 0 atom stereocenters. The van der Waals surface area contributed by atoms with Crippen molar-refractivity contribution >= 4 is 37.9 Å². The molecular formula is C19H21F3O6S2. The zero-order valence-electron chi connectivity index (χ0n) is 16.3. The first-order chi connectivity index (χ1) is 13.9. The van der Waals surface area contributed by atoms with Crippen LogP contribution in [0, 0.1) is 0 Å². The molecule has 11 heteroatoms. The van der Waals surface area contributed by atoms with Gasteiger partial charge in [0.15, 0.2) is 15.0 Å². The molecule has 0 bridgehead atoms. The molecule has 1 aliphatic rings. The van der Waals surface area contributed by atoms with Crippen LogP contribution >= 0.6 is 0 Å². The Morgan fingerprint density at radius 2 is 1.60 bits per heavy atom. The molecular weight excluding hydrogens is 445 g/mol. The van der Waals surface area contributed by atoms with E-state index in [2.05, 4.69) is 18.2 Å². The van der Waals surface area contributed by atoms with Gasteiger partial charge in [0.2, 0.25) is 0 Å². The summed E-state index contributed by atoms with van der Waals surface area (Å²) in [5, 5.41) is 2.18. The van der Waals surface area contributed by atoms with Crippen LogP contribution in [0.2, 0.25) is 0 Å². The quantitative estimate of drug-likeness (QED) is 0.216. The van der Waals surface area contributed by atoms with Gasteiger partial charge >= 0.3 is 11.7 Å². The fraction of sp³-hybridized carbons (Fsp3) is 0.421. The van der Waals surface area contributed by atoms with E-state index in [9.17, 15) is 18.0 Å². The molecule has 1 fully saturated rings. The number of hydrogen-bond donors (Lipinski definition) is 0. The number of alkyl halides is 3. The summed E-state index contributed by atoms with van der Waals surface area (Å²) in [7, 11) is -5.76. The Morgan fingerprint density at radius 1 is 1.07 bits per heavy atom. The summed E-state index contributed by atoms with van der Waals surface area (Å²) in [6.45, 7) is 3.62. The lowest BCUT2D eigenvalue weighted by Crippen LogP contribution is -2.21. The average molecular weight is 466 g/mol. The highest BCUT2D eigenvalue weighted by molar-refractivity contribution is 7.97. The van der Waals surface area contributed by atoms with E-state index in [-0.39, 0.29) is 6.10 Å². The third-order valence-electron chi connectivity index (χ3n) is 3.99. The van der Waals surface area contributed by atoms with E-state index in [1.165, 1.54) is 34.6 Å². The summed E-state index contributed by atoms with van der Waals surface area (Å²) in [6, 6.07) is 12.2. The lowest BCUT2D eigenvalue weighted by atomic mass is 10.1. The number of fused-ring (bicyclic) bond motifs is 1. The predicted octanol–water partition coefficient (Wildman–Crippen LogP) is 4.59. The van der Waals surface area contributed by atoms with Gasteiger partial charge in [0, 0.05) is 21.7 Å². The van der Waals surface area contributed by atoms with Crippen LogP contribution in [0.1, 0.15) is 26.7 Å². The highest BCUT2D eigenvalue weighted by atomic mass is 32.2. The van der Waals surface area contributed by atoms with E-state index in [1.807, 2.05) is 32.0 Å². The molecule has 0 radical (unpaired) electrons. The lowest BCUT2D eigenvalue weighted by molar-refractivity contribution is -0.0517. The first kappa shape index (κ1) is 24.3. The molecule has 0 aliphatic carbocycles. The van der Waals surface area contributed by atoms with Gasteiger partial charge in [-0.2, -0.15) is 13.2 Å². The molecule has 0 saturated carbocycles. The SMILES string of the molecule is CC(C)OC(=O)Oc1cccc2c([S+]3CCCC3)cccc12.O=S(=O)([O-])C(F)(F)F. The summed E-state index contributed by atoms with van der Waals surface area (Å²) in [5.41, 5.74) is -5.65. The van der Waals surface area contributed by atoms with Crippen molar-refractivity contribution in [3.8, 4) is 5.75 Å². The van der Waals surface area contributed by atoms with Crippen LogP contribution in [-0.2, 0) is 25.7 Å². The number of carbonyl (C=O) groups is 1. The van der Waals surface area contributed by atoms with Crippen molar-refractivity contribution in [1.29, 1.82) is 0 Å². The highest BCUT2D eigenvalue weighted by Gasteiger charge is 2.37. The Hall–Kier alpha value is -1.98. The normalized spacial score (nSPS) is 15.0. The second-order valence-corrected chi connectivity index (χ2v) is 10.2. The minimum absolute atomic E-state index is 0.182. The molecule has 6 nitrogen and oxygen atoms in total. The number of benzene rings is 2. The number of carbonyl (C=O) groups excluding carboxylic acids is 1. The summed E-state index contributed by atoms with van der Waals surface area (Å²) in [4.78, 5) is 13.2. The van der Waals surface area contributed by atoms with Crippen LogP contribution in [0.3, 0.4) is 0 Å². The first-order valence-corrected chi connectivity index (χ1v) is 12.0. The molecule has 1 aliphatic heterocycles. The van der Waals surface area contributed by atoms with E-state index in [1.54, 1.807) is 0 Å². The number of ether oxygens (including phenoxy) is 2. The molecule has 0 spiro atoms. The molecule has 0 aromatic heterocycles. The van der Waals surface area contributed by atoms with Crippen LogP contribution in [0.15, 0.2) is 41.3 Å². The Bertz CT molecular complexity index is 983. The molecule has 30 heavy (non-hydrogen) atoms. The van der Waals surface area contributed by atoms with Crippen LogP contribution < -0.4 is 4.74 Å². The van der Waals surface area contributed by atoms with Crippen LogP contribution in [-0.4, -0.2) is 42.2 Å². The second-order valence-electron chi connectivity index (χ2n) is 6.63. The van der Waals surface area contributed by atoms with Gasteiger partial charge in [0.1, 0.15) is 17.3 Å². The minimum atomic E-state index is -6.09. The predicted molar refractivity (Wildman–Crippen MR) is 107 cm³/mol. The lowest BCUT2D eigenvalue weighted by Gasteiger charge is -2.11. The molecule has 166 valence electrons. The van der Waals surface area contributed by atoms with E-state index in [0.717, 1.165) is 5.39 Å². The number of rotatable bonds is 3. The zero-order valence-corrected chi connectivity index (χ0v) is 17.9. The maximum absolute atomic E-state index is 11.8. The van der Waals surface area contributed by atoms with Gasteiger partial charge in [-0.25, -0.2) is 13.2 Å². The maximum Gasteiger partial charge on any atom is 0.514 e. The van der Waals surface area contributed by atoms with Crippen molar-refractivity contribution in [3.05, 3.63) is 36.4 Å². The highest BCUT2D eigenvalue weighted by Crippen LogP contribution is 2.34. The monoisotopic (exact) mass is 466 g/mol. The molecule has 2 aromatic rings. The maximum atomic E-state index is 11.8. The fourth-order valence-corrected chi connectivity index (χ4v) is 5.28. The first-order valence-electron chi connectivity index (χ1n) is 9.00. The van der Waals surface area contributed by atoms with Crippen molar-refractivity contribution < 1.29 is 40.4 Å². The third-order valence-corrected chi connectivity index (χ3v) is 7.10. The van der Waals surface area contributed by atoms with E-state index in [4.69, 9.17) is 22.4 Å². The largest absolute Gasteiger partial charge is 0.741 e. The average Bonchev–Trinajstić information content (AvgIpc) is 3.14. The Morgan fingerprint density at radius 3 is 2.13 bits per heavy atom. The van der Waals surface area contributed by atoms with Crippen molar-refractivity contribution in [2.24, 2.45) is 0 Å². The zero-order chi connectivity index (χ0) is 22.5. The Kier molecular flexibility index (Phi) is 8.00. The standard InChI is InChI=1S/C18H21O3S.CHF3O3S/c1-13(2)20-18(19)21-16-9-5-8-15-14(16)7-6-10-17(15)22-11-3-4-12-22;2-1(3,4)8(5,6)7/h5-10,13H,3-4,11-12H2,1-2H3;(H,5,6,7)/q+1;/p-1. The van der Waals surface area contributed by atoms with Crippen molar-refractivity contribution in [3.63, 3.8) is 0 Å². The second kappa shape index (κ2) is 9.88. The van der Waals surface area contributed by atoms with Gasteiger partial charge in [0.05, 0.1) is 6.10 Å². The van der Waals surface area contributed by atoms with Crippen molar-refractivity contribution in [2.45, 2.75) is 43.2 Å². The number of hydrogen-bond acceptors (Lipinski definition) is 6. The fourth-order valence-electron chi connectivity index (χ4n) is 2.77. The molecule has 2 aromatic carbocycles. The molecule has 3 rings (SSSR count). The Labute approximate surface area is 175 Å². The Balaban J connectivity index is 0.000000343. The summed E-state index contributed by atoms with van der Waals surface area (Å²) in [6.07, 6.45) is 1.81. The van der Waals surface area contributed by atoms with Gasteiger partial charge in [-0.3, -0.25) is 0 Å². The van der Waals surface area contributed by atoms with Crippen LogP contribution in [0.4, 0.5) is 18.0 Å². The molecule has 1 heterocycles. The molecule has 0 unspecified atom stereocenters. The van der Waals surface area contributed by atoms with E-state index < -0.39 is 21.8 Å². The van der Waals surface area contributed by atoms with Gasteiger partial charge in [0.25, 0.3) is 0 Å².